The highest BCUT2D eigenvalue weighted by Gasteiger charge is 2.34. The number of carbonyl (C=O) groups excluding carboxylic acids is 2. The first kappa shape index (κ1) is 24.8. The molecule has 0 radical (unpaired) electrons. The zero-order chi connectivity index (χ0) is 26.5. The van der Waals surface area contributed by atoms with Gasteiger partial charge in [0.15, 0.2) is 5.82 Å². The van der Waals surface area contributed by atoms with E-state index < -0.39 is 17.4 Å². The first-order valence-corrected chi connectivity index (χ1v) is 12.5. The first-order chi connectivity index (χ1) is 17.5. The second kappa shape index (κ2) is 9.20. The number of ether oxygens (including phenoxy) is 1. The Kier molecular flexibility index (Phi) is 6.17. The average Bonchev–Trinajstić information content (AvgIpc) is 3.40. The van der Waals surface area contributed by atoms with Crippen molar-refractivity contribution in [3.8, 4) is 0 Å². The van der Waals surface area contributed by atoms with E-state index in [0.717, 1.165) is 16.9 Å². The van der Waals surface area contributed by atoms with E-state index in [2.05, 4.69) is 20.3 Å². The molecule has 37 heavy (non-hydrogen) atoms. The molecule has 0 saturated carbocycles. The molecule has 2 aliphatic rings. The van der Waals surface area contributed by atoms with Crippen molar-refractivity contribution >= 4 is 34.8 Å². The number of fused-ring (bicyclic) bond motifs is 2. The number of hydrogen-bond donors (Lipinski definition) is 1. The van der Waals surface area contributed by atoms with Gasteiger partial charge in [-0.2, -0.15) is 5.10 Å². The predicted octanol–water partition coefficient (Wildman–Crippen LogP) is 4.22. The van der Waals surface area contributed by atoms with Gasteiger partial charge in [0.2, 0.25) is 0 Å². The third-order valence-corrected chi connectivity index (χ3v) is 6.60. The maximum atomic E-state index is 14.6. The Morgan fingerprint density at radius 2 is 1.97 bits per heavy atom. The van der Waals surface area contributed by atoms with Crippen LogP contribution in [0.15, 0.2) is 30.6 Å². The Hall–Kier alpha value is -3.89. The topological polar surface area (TPSA) is 95.3 Å². The Labute approximate surface area is 215 Å². The number of pyridine rings is 2. The molecule has 3 aromatic rings. The van der Waals surface area contributed by atoms with Crippen molar-refractivity contribution in [1.29, 1.82) is 0 Å². The van der Waals surface area contributed by atoms with Gasteiger partial charge in [-0.15, -0.1) is 0 Å². The minimum absolute atomic E-state index is 0.0432. The number of hydrogen-bond acceptors (Lipinski definition) is 6. The summed E-state index contributed by atoms with van der Waals surface area (Å²) >= 11 is 0. The van der Waals surface area contributed by atoms with Crippen molar-refractivity contribution in [2.45, 2.75) is 52.7 Å². The highest BCUT2D eigenvalue weighted by Crippen LogP contribution is 2.35. The fourth-order valence-electron chi connectivity index (χ4n) is 4.96. The molecule has 1 atom stereocenters. The summed E-state index contributed by atoms with van der Waals surface area (Å²) in [4.78, 5) is 35.8. The van der Waals surface area contributed by atoms with Gasteiger partial charge < -0.3 is 19.9 Å². The van der Waals surface area contributed by atoms with Crippen LogP contribution in [-0.2, 0) is 11.2 Å². The molecule has 2 aliphatic heterocycles. The van der Waals surface area contributed by atoms with Crippen LogP contribution in [0.5, 0.6) is 0 Å². The zero-order valence-electron chi connectivity index (χ0n) is 21.8. The smallest absolute Gasteiger partial charge is 0.410 e. The molecule has 1 saturated heterocycles. The number of piperazine rings is 1. The van der Waals surface area contributed by atoms with E-state index in [9.17, 15) is 14.0 Å². The number of urea groups is 1. The lowest BCUT2D eigenvalue weighted by molar-refractivity contribution is 0.0159. The zero-order valence-corrected chi connectivity index (χ0v) is 21.8. The lowest BCUT2D eigenvalue weighted by atomic mass is 10.1. The van der Waals surface area contributed by atoms with Crippen molar-refractivity contribution < 1.29 is 18.7 Å². The van der Waals surface area contributed by atoms with Gasteiger partial charge in [0, 0.05) is 49.7 Å². The average molecular weight is 510 g/mol. The first-order valence-electron chi connectivity index (χ1n) is 12.5. The summed E-state index contributed by atoms with van der Waals surface area (Å²) in [6, 6.07) is 4.85. The third-order valence-electron chi connectivity index (χ3n) is 6.60. The summed E-state index contributed by atoms with van der Waals surface area (Å²) in [5.41, 5.74) is 2.96. The van der Waals surface area contributed by atoms with E-state index in [1.807, 2.05) is 46.8 Å². The molecular formula is C26H32FN7O3. The van der Waals surface area contributed by atoms with Crippen LogP contribution < -0.4 is 15.1 Å². The summed E-state index contributed by atoms with van der Waals surface area (Å²) in [6.45, 7) is 11.7. The number of aromatic nitrogens is 3. The van der Waals surface area contributed by atoms with E-state index in [4.69, 9.17) is 4.74 Å². The molecule has 5 heterocycles. The number of nitrogens with one attached hydrogen (secondary N) is 1. The van der Waals surface area contributed by atoms with Gasteiger partial charge in [-0.05, 0) is 59.2 Å². The highest BCUT2D eigenvalue weighted by atomic mass is 19.1. The minimum Gasteiger partial charge on any atom is -0.444 e. The van der Waals surface area contributed by atoms with Crippen LogP contribution >= 0.6 is 0 Å². The predicted molar refractivity (Wildman–Crippen MR) is 139 cm³/mol. The van der Waals surface area contributed by atoms with Crippen LogP contribution in [0.3, 0.4) is 0 Å². The molecule has 11 heteroatoms. The molecule has 0 spiro atoms. The fraction of sp³-hybridized carbons (Fsp3) is 0.462. The van der Waals surface area contributed by atoms with Crippen molar-refractivity contribution in [1.82, 2.24) is 19.5 Å². The number of halogens is 1. The standard InChI is InChI=1S/C26H32FN7O3/c1-16-12-18-13-21(20(27)15-34(18)30-16)29-24(35)33-9-7-19-22(6-8-28-23(19)33)31-10-11-32(17(2)14-31)25(36)37-26(3,4)5/h6,8,12-13,15,17H,7,9-11,14H2,1-5H3,(H,29,35)/t17-/m0/s1. The SMILES string of the molecule is Cc1cc2cc(NC(=O)N3CCc4c(N5CCN(C(=O)OC(C)(C)C)[C@@H](C)C5)ccnc43)c(F)cn2n1. The number of amides is 3. The normalized spacial score (nSPS) is 17.8. The highest BCUT2D eigenvalue weighted by molar-refractivity contribution is 6.03. The Bertz CT molecular complexity index is 1370. The van der Waals surface area contributed by atoms with Crippen LogP contribution in [-0.4, -0.2) is 69.4 Å². The molecule has 0 bridgehead atoms. The molecule has 1 N–H and O–H groups in total. The van der Waals surface area contributed by atoms with Gasteiger partial charge in [0.05, 0.1) is 23.1 Å². The van der Waals surface area contributed by atoms with Gasteiger partial charge in [0.25, 0.3) is 0 Å². The quantitative estimate of drug-likeness (QED) is 0.556. The lowest BCUT2D eigenvalue weighted by Crippen LogP contribution is -2.55. The molecule has 196 valence electrons. The summed E-state index contributed by atoms with van der Waals surface area (Å²) in [7, 11) is 0. The molecule has 0 aliphatic carbocycles. The third kappa shape index (κ3) is 4.90. The Balaban J connectivity index is 1.31. The van der Waals surface area contributed by atoms with Gasteiger partial charge in [-0.1, -0.05) is 0 Å². The number of rotatable bonds is 2. The van der Waals surface area contributed by atoms with Crippen LogP contribution in [0.1, 0.15) is 39.0 Å². The van der Waals surface area contributed by atoms with Crippen LogP contribution in [0.25, 0.3) is 5.52 Å². The number of carbonyl (C=O) groups is 2. The monoisotopic (exact) mass is 509 g/mol. The minimum atomic E-state index is -0.568. The Morgan fingerprint density at radius 1 is 1.19 bits per heavy atom. The summed E-state index contributed by atoms with van der Waals surface area (Å²) in [5, 5.41) is 6.90. The van der Waals surface area contributed by atoms with E-state index in [1.165, 1.54) is 10.7 Å². The van der Waals surface area contributed by atoms with E-state index >= 15 is 0 Å². The Morgan fingerprint density at radius 3 is 2.70 bits per heavy atom. The fourth-order valence-corrected chi connectivity index (χ4v) is 4.96. The van der Waals surface area contributed by atoms with Gasteiger partial charge in [0.1, 0.15) is 11.4 Å². The van der Waals surface area contributed by atoms with Crippen molar-refractivity contribution in [2.75, 3.05) is 41.3 Å². The van der Waals surface area contributed by atoms with Crippen LogP contribution in [0.2, 0.25) is 0 Å². The van der Waals surface area contributed by atoms with Gasteiger partial charge in [-0.3, -0.25) is 4.90 Å². The number of nitrogens with zero attached hydrogens (tertiary/aromatic N) is 6. The summed E-state index contributed by atoms with van der Waals surface area (Å²) in [5.74, 6) is 0.000773. The number of aryl methyl sites for hydroxylation is 1. The largest absolute Gasteiger partial charge is 0.444 e. The summed E-state index contributed by atoms with van der Waals surface area (Å²) in [6.07, 6.45) is 3.27. The molecular weight excluding hydrogens is 477 g/mol. The van der Waals surface area contributed by atoms with Crippen LogP contribution in [0.4, 0.5) is 31.2 Å². The van der Waals surface area contributed by atoms with Crippen molar-refractivity contribution in [2.24, 2.45) is 0 Å². The van der Waals surface area contributed by atoms with Gasteiger partial charge >= 0.3 is 12.1 Å². The van der Waals surface area contributed by atoms with E-state index in [0.29, 0.717) is 43.9 Å². The second-order valence-corrected chi connectivity index (χ2v) is 10.6. The van der Waals surface area contributed by atoms with Crippen LogP contribution in [0, 0.1) is 12.7 Å². The molecule has 3 amide bonds. The number of anilines is 3. The van der Waals surface area contributed by atoms with Gasteiger partial charge in [-0.25, -0.2) is 23.5 Å². The molecule has 10 nitrogen and oxygen atoms in total. The molecule has 3 aromatic heterocycles. The molecule has 0 unspecified atom stereocenters. The molecule has 1 fully saturated rings. The maximum Gasteiger partial charge on any atom is 0.410 e. The second-order valence-electron chi connectivity index (χ2n) is 10.6. The molecule has 0 aromatic carbocycles. The maximum absolute atomic E-state index is 14.6. The molecule has 5 rings (SSSR count). The van der Waals surface area contributed by atoms with E-state index in [-0.39, 0.29) is 17.8 Å². The summed E-state index contributed by atoms with van der Waals surface area (Å²) < 4.78 is 21.6. The lowest BCUT2D eigenvalue weighted by Gasteiger charge is -2.41. The van der Waals surface area contributed by atoms with Crippen molar-refractivity contribution in [3.63, 3.8) is 0 Å². The van der Waals surface area contributed by atoms with Crippen molar-refractivity contribution in [3.05, 3.63) is 47.7 Å². The van der Waals surface area contributed by atoms with E-state index in [1.54, 1.807) is 22.1 Å².